The minimum absolute atomic E-state index is 0.0329. The Hall–Kier alpha value is -1.52. The first-order chi connectivity index (χ1) is 9.31. The van der Waals surface area contributed by atoms with Gasteiger partial charge in [-0.25, -0.2) is 4.79 Å². The fraction of sp³-hybridized carbons (Fsp3) is 0.400. The zero-order chi connectivity index (χ0) is 15.2. The van der Waals surface area contributed by atoms with Crippen molar-refractivity contribution < 1.29 is 19.0 Å². The number of hydrogen-bond acceptors (Lipinski definition) is 4. The predicted molar refractivity (Wildman–Crippen MR) is 78.6 cm³/mol. The number of carbonyl (C=O) groups is 1. The van der Waals surface area contributed by atoms with Gasteiger partial charge in [-0.1, -0.05) is 23.7 Å². The Kier molecular flexibility index (Phi) is 6.05. The molecule has 0 saturated heterocycles. The summed E-state index contributed by atoms with van der Waals surface area (Å²) in [6.07, 6.45) is 1.55. The van der Waals surface area contributed by atoms with Crippen LogP contribution in [0.25, 0.3) is 6.08 Å². The molecule has 0 N–H and O–H groups in total. The largest absolute Gasteiger partial charge is 0.468 e. The molecule has 0 spiro atoms. The van der Waals surface area contributed by atoms with Gasteiger partial charge in [-0.3, -0.25) is 0 Å². The fourth-order valence-corrected chi connectivity index (χ4v) is 1.48. The summed E-state index contributed by atoms with van der Waals surface area (Å²) in [6.45, 7) is 5.55. The third-order valence-electron chi connectivity index (χ3n) is 2.11. The molecule has 0 fully saturated rings. The van der Waals surface area contributed by atoms with E-state index < -0.39 is 11.6 Å². The van der Waals surface area contributed by atoms with E-state index in [1.807, 2.05) is 0 Å². The molecule has 4 nitrogen and oxygen atoms in total. The first-order valence-corrected chi connectivity index (χ1v) is 6.52. The predicted octanol–water partition coefficient (Wildman–Crippen LogP) is 3.59. The van der Waals surface area contributed by atoms with Crippen LogP contribution < -0.4 is 4.74 Å². The first-order valence-electron chi connectivity index (χ1n) is 6.14. The molecule has 0 amide bonds. The monoisotopic (exact) mass is 298 g/mol. The summed E-state index contributed by atoms with van der Waals surface area (Å²) in [5.41, 5.74) is 0.216. The highest BCUT2D eigenvalue weighted by molar-refractivity contribution is 6.43. The van der Waals surface area contributed by atoms with E-state index in [0.29, 0.717) is 5.75 Å². The minimum atomic E-state index is -0.567. The maximum absolute atomic E-state index is 11.7. The van der Waals surface area contributed by atoms with Crippen LogP contribution in [0.3, 0.4) is 0 Å². The molecule has 0 saturated carbocycles. The lowest BCUT2D eigenvalue weighted by Crippen LogP contribution is -2.23. The van der Waals surface area contributed by atoms with E-state index in [2.05, 4.69) is 0 Å². The van der Waals surface area contributed by atoms with Gasteiger partial charge in [0.05, 0.1) is 0 Å². The molecule has 110 valence electrons. The van der Waals surface area contributed by atoms with Gasteiger partial charge in [0, 0.05) is 7.11 Å². The average molecular weight is 299 g/mol. The topological polar surface area (TPSA) is 44.8 Å². The van der Waals surface area contributed by atoms with Gasteiger partial charge in [-0.2, -0.15) is 0 Å². The summed E-state index contributed by atoms with van der Waals surface area (Å²) in [5.74, 6) is 0.135. The SMILES string of the molecule is COCOc1ccc(C=C(Cl)C(=O)OC(C)(C)C)cc1. The standard InChI is InChI=1S/C15H19ClO4/c1-15(2,3)20-14(17)13(16)9-11-5-7-12(8-6-11)19-10-18-4/h5-9H,10H2,1-4H3. The number of carbonyl (C=O) groups excluding carboxylic acids is 1. The Morgan fingerprint density at radius 1 is 1.25 bits per heavy atom. The maximum atomic E-state index is 11.7. The van der Waals surface area contributed by atoms with Crippen molar-refractivity contribution in [2.75, 3.05) is 13.9 Å². The smallest absolute Gasteiger partial charge is 0.350 e. The molecule has 0 heterocycles. The molecule has 0 atom stereocenters. The molecule has 20 heavy (non-hydrogen) atoms. The summed E-state index contributed by atoms with van der Waals surface area (Å²) < 4.78 is 15.2. The van der Waals surface area contributed by atoms with Crippen molar-refractivity contribution in [1.29, 1.82) is 0 Å². The number of halogens is 1. The second-order valence-electron chi connectivity index (χ2n) is 5.11. The Bertz CT molecular complexity index is 472. The lowest BCUT2D eigenvalue weighted by Gasteiger charge is -2.19. The summed E-state index contributed by atoms with van der Waals surface area (Å²) in [7, 11) is 1.55. The highest BCUT2D eigenvalue weighted by Crippen LogP contribution is 2.18. The molecule has 0 radical (unpaired) electrons. The maximum Gasteiger partial charge on any atom is 0.350 e. The van der Waals surface area contributed by atoms with Gasteiger partial charge in [-0.15, -0.1) is 0 Å². The minimum Gasteiger partial charge on any atom is -0.468 e. The number of rotatable bonds is 5. The lowest BCUT2D eigenvalue weighted by atomic mass is 10.2. The molecule has 1 rings (SSSR count). The lowest BCUT2D eigenvalue weighted by molar-refractivity contribution is -0.148. The molecule has 0 aliphatic rings. The van der Waals surface area contributed by atoms with Crippen LogP contribution in [0.4, 0.5) is 0 Å². The van der Waals surface area contributed by atoms with E-state index in [-0.39, 0.29) is 11.8 Å². The van der Waals surface area contributed by atoms with Crippen LogP contribution >= 0.6 is 11.6 Å². The highest BCUT2D eigenvalue weighted by atomic mass is 35.5. The molecular formula is C15H19ClO4. The average Bonchev–Trinajstić information content (AvgIpc) is 2.36. The molecule has 1 aromatic carbocycles. The van der Waals surface area contributed by atoms with Gasteiger partial charge in [0.15, 0.2) is 6.79 Å². The van der Waals surface area contributed by atoms with E-state index in [1.165, 1.54) is 0 Å². The molecule has 0 aliphatic heterocycles. The van der Waals surface area contributed by atoms with Crippen molar-refractivity contribution in [1.82, 2.24) is 0 Å². The summed E-state index contributed by atoms with van der Waals surface area (Å²) in [4.78, 5) is 11.7. The fourth-order valence-electron chi connectivity index (χ4n) is 1.32. The molecule has 1 aromatic rings. The van der Waals surface area contributed by atoms with Crippen LogP contribution in [0.5, 0.6) is 5.75 Å². The number of benzene rings is 1. The normalized spacial score (nSPS) is 12.2. The first kappa shape index (κ1) is 16.5. The summed E-state index contributed by atoms with van der Waals surface area (Å²) in [5, 5.41) is 0.0329. The number of methoxy groups -OCH3 is 1. The Labute approximate surface area is 124 Å². The summed E-state index contributed by atoms with van der Waals surface area (Å²) in [6, 6.07) is 7.11. The molecule has 5 heteroatoms. The van der Waals surface area contributed by atoms with Crippen molar-refractivity contribution >= 4 is 23.6 Å². The Morgan fingerprint density at radius 3 is 2.35 bits per heavy atom. The van der Waals surface area contributed by atoms with Gasteiger partial charge in [0.25, 0.3) is 0 Å². The van der Waals surface area contributed by atoms with Crippen LogP contribution in [0.15, 0.2) is 29.3 Å². The van der Waals surface area contributed by atoms with Gasteiger partial charge in [-0.05, 0) is 44.5 Å². The van der Waals surface area contributed by atoms with E-state index in [0.717, 1.165) is 5.56 Å². The zero-order valence-corrected chi connectivity index (χ0v) is 12.9. The quantitative estimate of drug-likeness (QED) is 0.473. The van der Waals surface area contributed by atoms with Crippen LogP contribution in [0, 0.1) is 0 Å². The van der Waals surface area contributed by atoms with Gasteiger partial charge in [0.1, 0.15) is 16.4 Å². The number of ether oxygens (including phenoxy) is 3. The van der Waals surface area contributed by atoms with Crippen molar-refractivity contribution in [3.8, 4) is 5.75 Å². The third kappa shape index (κ3) is 6.08. The van der Waals surface area contributed by atoms with Crippen molar-refractivity contribution in [3.05, 3.63) is 34.9 Å². The number of hydrogen-bond donors (Lipinski definition) is 0. The molecule has 0 unspecified atom stereocenters. The van der Waals surface area contributed by atoms with Crippen molar-refractivity contribution in [2.24, 2.45) is 0 Å². The molecule has 0 aromatic heterocycles. The van der Waals surface area contributed by atoms with E-state index >= 15 is 0 Å². The van der Waals surface area contributed by atoms with Crippen molar-refractivity contribution in [2.45, 2.75) is 26.4 Å². The second kappa shape index (κ2) is 7.31. The van der Waals surface area contributed by atoms with E-state index in [4.69, 9.17) is 25.8 Å². The Morgan fingerprint density at radius 2 is 1.85 bits per heavy atom. The van der Waals surface area contributed by atoms with Crippen LogP contribution in [0.2, 0.25) is 0 Å². The molecule has 0 aliphatic carbocycles. The number of esters is 1. The van der Waals surface area contributed by atoms with E-state index in [9.17, 15) is 4.79 Å². The molecule has 0 bridgehead atoms. The van der Waals surface area contributed by atoms with Gasteiger partial charge in [0.2, 0.25) is 0 Å². The second-order valence-corrected chi connectivity index (χ2v) is 5.52. The van der Waals surface area contributed by atoms with Crippen LogP contribution in [0.1, 0.15) is 26.3 Å². The molecular weight excluding hydrogens is 280 g/mol. The van der Waals surface area contributed by atoms with Gasteiger partial charge >= 0.3 is 5.97 Å². The van der Waals surface area contributed by atoms with Crippen LogP contribution in [-0.2, 0) is 14.3 Å². The Balaban J connectivity index is 2.70. The third-order valence-corrected chi connectivity index (χ3v) is 2.37. The van der Waals surface area contributed by atoms with Crippen molar-refractivity contribution in [3.63, 3.8) is 0 Å². The summed E-state index contributed by atoms with van der Waals surface area (Å²) >= 11 is 5.93. The van der Waals surface area contributed by atoms with Gasteiger partial charge < -0.3 is 14.2 Å². The van der Waals surface area contributed by atoms with E-state index in [1.54, 1.807) is 58.2 Å². The van der Waals surface area contributed by atoms with Crippen LogP contribution in [-0.4, -0.2) is 25.5 Å². The zero-order valence-electron chi connectivity index (χ0n) is 12.1. The highest BCUT2D eigenvalue weighted by Gasteiger charge is 2.18.